The predicted octanol–water partition coefficient (Wildman–Crippen LogP) is 4.50. The summed E-state index contributed by atoms with van der Waals surface area (Å²) in [7, 11) is 1.38. The quantitative estimate of drug-likeness (QED) is 0.619. The predicted molar refractivity (Wildman–Crippen MR) is 87.8 cm³/mol. The van der Waals surface area contributed by atoms with Crippen LogP contribution in [0, 0.1) is 15.9 Å². The number of nitro groups is 1. The highest BCUT2D eigenvalue weighted by Gasteiger charge is 2.24. The molecule has 0 aliphatic rings. The van der Waals surface area contributed by atoms with Crippen LogP contribution in [0.25, 0.3) is 0 Å². The van der Waals surface area contributed by atoms with Gasteiger partial charge in [-0.3, -0.25) is 10.1 Å². The minimum Gasteiger partial charge on any atom is -0.497 e. The number of hydrogen-bond acceptors (Lipinski definition) is 6. The molecule has 2 aromatic rings. The molecule has 0 saturated carbocycles. The van der Waals surface area contributed by atoms with Gasteiger partial charge in [-0.2, -0.15) is 4.39 Å². The van der Waals surface area contributed by atoms with Crippen molar-refractivity contribution in [2.24, 2.45) is 0 Å². The first-order valence-electron chi connectivity index (χ1n) is 7.07. The number of benzene rings is 1. The van der Waals surface area contributed by atoms with Crippen LogP contribution in [0.3, 0.4) is 0 Å². The zero-order chi connectivity index (χ0) is 17.1. The molecule has 6 nitrogen and oxygen atoms in total. The fraction of sp³-hybridized carbons (Fsp3) is 0.400. The minimum absolute atomic E-state index is 0.0680. The number of rotatable bonds is 6. The summed E-state index contributed by atoms with van der Waals surface area (Å²) in [6.45, 7) is 5.91. The summed E-state index contributed by atoms with van der Waals surface area (Å²) in [5.74, 6) is -0.418. The maximum atomic E-state index is 13.9. The first-order valence-corrected chi connectivity index (χ1v) is 7.95. The molecule has 0 saturated heterocycles. The zero-order valence-electron chi connectivity index (χ0n) is 13.3. The Bertz CT molecular complexity index is 718. The van der Waals surface area contributed by atoms with Gasteiger partial charge in [0.05, 0.1) is 28.8 Å². The number of thiazole rings is 1. The molecule has 8 heteroatoms. The number of anilines is 1. The van der Waals surface area contributed by atoms with E-state index in [1.165, 1.54) is 24.5 Å². The molecule has 1 heterocycles. The van der Waals surface area contributed by atoms with Crippen molar-refractivity contribution in [2.75, 3.05) is 12.4 Å². The lowest BCUT2D eigenvalue weighted by atomic mass is 10.2. The van der Waals surface area contributed by atoms with E-state index in [2.05, 4.69) is 10.3 Å². The molecule has 0 fully saturated rings. The van der Waals surface area contributed by atoms with Crippen molar-refractivity contribution in [3.63, 3.8) is 0 Å². The first-order chi connectivity index (χ1) is 10.8. The lowest BCUT2D eigenvalue weighted by Gasteiger charge is -2.14. The van der Waals surface area contributed by atoms with E-state index in [9.17, 15) is 14.5 Å². The molecule has 2 rings (SSSR count). The second-order valence-electron chi connectivity index (χ2n) is 5.39. The number of ether oxygens (including phenoxy) is 1. The van der Waals surface area contributed by atoms with Crippen molar-refractivity contribution in [1.29, 1.82) is 0 Å². The SMILES string of the molecule is COc1cc(F)c([N+](=O)[O-])c(NC(C)c2csc(C(C)C)n2)c1. The number of aromatic nitrogens is 1. The Morgan fingerprint density at radius 3 is 2.61 bits per heavy atom. The van der Waals surface area contributed by atoms with E-state index in [0.29, 0.717) is 5.92 Å². The van der Waals surface area contributed by atoms with Gasteiger partial charge >= 0.3 is 5.69 Å². The van der Waals surface area contributed by atoms with Crippen LogP contribution in [0.2, 0.25) is 0 Å². The molecule has 23 heavy (non-hydrogen) atoms. The summed E-state index contributed by atoms with van der Waals surface area (Å²) in [6.07, 6.45) is 0. The molecule has 1 atom stereocenters. The third-order valence-corrected chi connectivity index (χ3v) is 4.47. The topological polar surface area (TPSA) is 77.3 Å². The van der Waals surface area contributed by atoms with Gasteiger partial charge in [-0.25, -0.2) is 4.98 Å². The largest absolute Gasteiger partial charge is 0.497 e. The lowest BCUT2D eigenvalue weighted by Crippen LogP contribution is -2.10. The number of nitrogens with zero attached hydrogens (tertiary/aromatic N) is 2. The number of methoxy groups -OCH3 is 1. The van der Waals surface area contributed by atoms with Crippen LogP contribution in [0.1, 0.15) is 43.4 Å². The van der Waals surface area contributed by atoms with Gasteiger partial charge in [0.15, 0.2) is 0 Å². The molecule has 124 valence electrons. The van der Waals surface area contributed by atoms with Crippen LogP contribution < -0.4 is 10.1 Å². The van der Waals surface area contributed by atoms with Gasteiger partial charge in [0.1, 0.15) is 11.4 Å². The Morgan fingerprint density at radius 1 is 1.39 bits per heavy atom. The summed E-state index contributed by atoms with van der Waals surface area (Å²) >= 11 is 1.53. The van der Waals surface area contributed by atoms with Crippen LogP contribution in [-0.2, 0) is 0 Å². The van der Waals surface area contributed by atoms with Crippen LogP contribution in [0.15, 0.2) is 17.5 Å². The molecular formula is C15H18FN3O3S. The van der Waals surface area contributed by atoms with Crippen molar-refractivity contribution >= 4 is 22.7 Å². The summed E-state index contributed by atoms with van der Waals surface area (Å²) < 4.78 is 18.9. The highest BCUT2D eigenvalue weighted by Crippen LogP contribution is 2.35. The van der Waals surface area contributed by atoms with Gasteiger partial charge in [-0.1, -0.05) is 13.8 Å². The molecule has 0 aliphatic heterocycles. The lowest BCUT2D eigenvalue weighted by molar-refractivity contribution is -0.386. The van der Waals surface area contributed by atoms with Crippen LogP contribution in [0.4, 0.5) is 15.8 Å². The maximum Gasteiger partial charge on any atom is 0.327 e. The van der Waals surface area contributed by atoms with Crippen molar-refractivity contribution in [3.05, 3.63) is 44.1 Å². The minimum atomic E-state index is -0.940. The summed E-state index contributed by atoms with van der Waals surface area (Å²) in [6, 6.07) is 2.10. The third kappa shape index (κ3) is 3.76. The smallest absolute Gasteiger partial charge is 0.327 e. The summed E-state index contributed by atoms with van der Waals surface area (Å²) in [5, 5.41) is 17.0. The van der Waals surface area contributed by atoms with Crippen LogP contribution in [-0.4, -0.2) is 17.0 Å². The second kappa shape index (κ2) is 6.91. The van der Waals surface area contributed by atoms with E-state index in [4.69, 9.17) is 4.74 Å². The summed E-state index contributed by atoms with van der Waals surface area (Å²) in [4.78, 5) is 14.9. The van der Waals surface area contributed by atoms with Gasteiger partial charge in [0, 0.05) is 23.4 Å². The van der Waals surface area contributed by atoms with Gasteiger partial charge in [0.2, 0.25) is 5.82 Å². The van der Waals surface area contributed by atoms with Gasteiger partial charge < -0.3 is 10.1 Å². The third-order valence-electron chi connectivity index (χ3n) is 3.30. The number of hydrogen-bond donors (Lipinski definition) is 1. The average molecular weight is 339 g/mol. The van der Waals surface area contributed by atoms with Gasteiger partial charge in [0.25, 0.3) is 0 Å². The Hall–Kier alpha value is -2.22. The number of halogens is 1. The van der Waals surface area contributed by atoms with E-state index >= 15 is 0 Å². The highest BCUT2D eigenvalue weighted by molar-refractivity contribution is 7.09. The second-order valence-corrected chi connectivity index (χ2v) is 6.28. The first kappa shape index (κ1) is 17.1. The molecular weight excluding hydrogens is 321 g/mol. The van der Waals surface area contributed by atoms with E-state index in [1.807, 2.05) is 26.2 Å². The molecule has 1 aromatic heterocycles. The van der Waals surface area contributed by atoms with E-state index in [1.54, 1.807) is 0 Å². The molecule has 0 spiro atoms. The number of nitrogens with one attached hydrogen (secondary N) is 1. The van der Waals surface area contributed by atoms with Gasteiger partial charge in [-0.15, -0.1) is 11.3 Å². The van der Waals surface area contributed by atoms with Gasteiger partial charge in [-0.05, 0) is 6.92 Å². The molecule has 0 aliphatic carbocycles. The van der Waals surface area contributed by atoms with E-state index < -0.39 is 16.4 Å². The monoisotopic (exact) mass is 339 g/mol. The van der Waals surface area contributed by atoms with Crippen LogP contribution >= 0.6 is 11.3 Å². The Morgan fingerprint density at radius 2 is 2.09 bits per heavy atom. The molecule has 0 bridgehead atoms. The Balaban J connectivity index is 2.33. The molecule has 1 N–H and O–H groups in total. The van der Waals surface area contributed by atoms with Crippen molar-refractivity contribution in [1.82, 2.24) is 4.98 Å². The average Bonchev–Trinajstić information content (AvgIpc) is 2.96. The molecule has 1 aromatic carbocycles. The molecule has 0 amide bonds. The standard InChI is InChI=1S/C15H18FN3O3S/c1-8(2)15-18-13(7-23-15)9(3)17-12-6-10(22-4)5-11(16)14(12)19(20)21/h5-9,17H,1-4H3. The maximum absolute atomic E-state index is 13.9. The highest BCUT2D eigenvalue weighted by atomic mass is 32.1. The van der Waals surface area contributed by atoms with Crippen molar-refractivity contribution in [3.8, 4) is 5.75 Å². The fourth-order valence-corrected chi connectivity index (χ4v) is 2.99. The van der Waals surface area contributed by atoms with E-state index in [0.717, 1.165) is 16.8 Å². The summed E-state index contributed by atoms with van der Waals surface area (Å²) in [5.41, 5.74) is 0.228. The molecule has 1 unspecified atom stereocenters. The van der Waals surface area contributed by atoms with Crippen molar-refractivity contribution in [2.45, 2.75) is 32.7 Å². The Kier molecular flexibility index (Phi) is 5.15. The normalized spacial score (nSPS) is 12.3. The van der Waals surface area contributed by atoms with Crippen molar-refractivity contribution < 1.29 is 14.1 Å². The zero-order valence-corrected chi connectivity index (χ0v) is 14.1. The Labute approximate surface area is 137 Å². The fourth-order valence-electron chi connectivity index (χ4n) is 2.06. The number of nitro benzene ring substituents is 1. The molecule has 0 radical (unpaired) electrons. The van der Waals surface area contributed by atoms with Crippen LogP contribution in [0.5, 0.6) is 5.75 Å². The van der Waals surface area contributed by atoms with E-state index in [-0.39, 0.29) is 17.5 Å².